The lowest BCUT2D eigenvalue weighted by Crippen LogP contribution is -2.32. The van der Waals surface area contributed by atoms with Crippen LogP contribution in [0.5, 0.6) is 5.75 Å². The van der Waals surface area contributed by atoms with Crippen LogP contribution in [0.3, 0.4) is 0 Å². The van der Waals surface area contributed by atoms with Crippen LogP contribution in [0, 0.1) is 10.9 Å². The topological polar surface area (TPSA) is 58.2 Å². The van der Waals surface area contributed by atoms with Gasteiger partial charge in [0.15, 0.2) is 3.95 Å². The molecular weight excluding hydrogens is 318 g/mol. The van der Waals surface area contributed by atoms with Crippen molar-refractivity contribution in [2.45, 2.75) is 25.9 Å². The SMILES string of the molecule is Cc1[nH]c(=S)sc1CC(=O)N1CCC(Oc2cccnc2)C1. The fraction of sp³-hybridized carbons (Fsp3) is 0.400. The molecule has 2 aromatic heterocycles. The quantitative estimate of drug-likeness (QED) is 0.873. The Bertz CT molecular complexity index is 711. The molecule has 1 aliphatic heterocycles. The molecule has 0 spiro atoms. The first kappa shape index (κ1) is 15.2. The van der Waals surface area contributed by atoms with E-state index in [-0.39, 0.29) is 12.0 Å². The number of carbonyl (C=O) groups excluding carboxylic acids is 1. The van der Waals surface area contributed by atoms with Gasteiger partial charge < -0.3 is 14.6 Å². The third-order valence-electron chi connectivity index (χ3n) is 3.67. The number of ether oxygens (including phenoxy) is 1. The van der Waals surface area contributed by atoms with Gasteiger partial charge in [0, 0.05) is 29.7 Å². The first-order valence-corrected chi connectivity index (χ1v) is 8.37. The molecule has 1 N–H and O–H groups in total. The number of thiazole rings is 1. The molecule has 1 aliphatic rings. The van der Waals surface area contributed by atoms with E-state index in [4.69, 9.17) is 17.0 Å². The maximum absolute atomic E-state index is 12.4. The summed E-state index contributed by atoms with van der Waals surface area (Å²) in [6.45, 7) is 3.31. The number of amides is 1. The highest BCUT2D eigenvalue weighted by Crippen LogP contribution is 2.20. The van der Waals surface area contributed by atoms with Gasteiger partial charge in [-0.1, -0.05) is 0 Å². The fourth-order valence-electron chi connectivity index (χ4n) is 2.51. The number of carbonyl (C=O) groups is 1. The van der Waals surface area contributed by atoms with Crippen LogP contribution in [0.1, 0.15) is 17.0 Å². The lowest BCUT2D eigenvalue weighted by atomic mass is 10.3. The predicted molar refractivity (Wildman–Crippen MR) is 87.8 cm³/mol. The van der Waals surface area contributed by atoms with Crippen molar-refractivity contribution in [1.82, 2.24) is 14.9 Å². The summed E-state index contributed by atoms with van der Waals surface area (Å²) in [4.78, 5) is 22.4. The molecular formula is C15H17N3O2S2. The highest BCUT2D eigenvalue weighted by Gasteiger charge is 2.28. The molecule has 0 radical (unpaired) electrons. The number of hydrogen-bond acceptors (Lipinski definition) is 5. The van der Waals surface area contributed by atoms with E-state index in [0.29, 0.717) is 13.0 Å². The summed E-state index contributed by atoms with van der Waals surface area (Å²) in [6.07, 6.45) is 4.70. The van der Waals surface area contributed by atoms with E-state index in [1.165, 1.54) is 11.3 Å². The van der Waals surface area contributed by atoms with Gasteiger partial charge in [0.05, 0.1) is 19.2 Å². The molecule has 2 aromatic rings. The Morgan fingerprint density at radius 1 is 1.64 bits per heavy atom. The zero-order valence-corrected chi connectivity index (χ0v) is 13.9. The Kier molecular flexibility index (Phi) is 4.54. The lowest BCUT2D eigenvalue weighted by Gasteiger charge is -2.17. The number of rotatable bonds is 4. The van der Waals surface area contributed by atoms with Gasteiger partial charge in [-0.2, -0.15) is 0 Å². The summed E-state index contributed by atoms with van der Waals surface area (Å²) in [7, 11) is 0. The molecule has 1 atom stereocenters. The van der Waals surface area contributed by atoms with E-state index in [0.717, 1.165) is 33.2 Å². The molecule has 0 aliphatic carbocycles. The monoisotopic (exact) mass is 335 g/mol. The average molecular weight is 335 g/mol. The first-order valence-electron chi connectivity index (χ1n) is 7.15. The molecule has 1 fully saturated rings. The van der Waals surface area contributed by atoms with Gasteiger partial charge in [0.1, 0.15) is 11.9 Å². The largest absolute Gasteiger partial charge is 0.487 e. The Balaban J connectivity index is 1.57. The Morgan fingerprint density at radius 3 is 3.18 bits per heavy atom. The van der Waals surface area contributed by atoms with E-state index in [1.807, 2.05) is 24.0 Å². The number of likely N-dealkylation sites (tertiary alicyclic amines) is 1. The lowest BCUT2D eigenvalue weighted by molar-refractivity contribution is -0.129. The smallest absolute Gasteiger partial charge is 0.228 e. The van der Waals surface area contributed by atoms with E-state index in [9.17, 15) is 4.79 Å². The van der Waals surface area contributed by atoms with Crippen LogP contribution in [0.2, 0.25) is 0 Å². The highest BCUT2D eigenvalue weighted by molar-refractivity contribution is 7.73. The van der Waals surface area contributed by atoms with Crippen LogP contribution in [-0.4, -0.2) is 40.0 Å². The second-order valence-electron chi connectivity index (χ2n) is 5.30. The molecule has 0 bridgehead atoms. The van der Waals surface area contributed by atoms with Crippen molar-refractivity contribution >= 4 is 29.5 Å². The van der Waals surface area contributed by atoms with E-state index >= 15 is 0 Å². The van der Waals surface area contributed by atoms with Gasteiger partial charge in [-0.15, -0.1) is 11.3 Å². The highest BCUT2D eigenvalue weighted by atomic mass is 32.1. The van der Waals surface area contributed by atoms with Crippen LogP contribution in [0.25, 0.3) is 0 Å². The zero-order chi connectivity index (χ0) is 15.5. The summed E-state index contributed by atoms with van der Waals surface area (Å²) < 4.78 is 6.58. The standard InChI is InChI=1S/C15H17N3O2S2/c1-10-13(22-15(21)17-10)7-14(19)18-6-4-12(9-18)20-11-3-2-5-16-8-11/h2-3,5,8,12H,4,6-7,9H2,1H3,(H,17,21). The average Bonchev–Trinajstić information content (AvgIpc) is 3.07. The van der Waals surface area contributed by atoms with Crippen molar-refractivity contribution in [2.24, 2.45) is 0 Å². The first-order chi connectivity index (χ1) is 10.6. The summed E-state index contributed by atoms with van der Waals surface area (Å²) in [5.74, 6) is 0.881. The molecule has 3 rings (SSSR count). The number of nitrogens with one attached hydrogen (secondary N) is 1. The van der Waals surface area contributed by atoms with Gasteiger partial charge >= 0.3 is 0 Å². The van der Waals surface area contributed by atoms with Crippen LogP contribution in [0.15, 0.2) is 24.5 Å². The van der Waals surface area contributed by atoms with Crippen molar-refractivity contribution in [2.75, 3.05) is 13.1 Å². The van der Waals surface area contributed by atoms with Gasteiger partial charge in [0.25, 0.3) is 0 Å². The van der Waals surface area contributed by atoms with Crippen molar-refractivity contribution in [1.29, 1.82) is 0 Å². The summed E-state index contributed by atoms with van der Waals surface area (Å²) in [5.41, 5.74) is 0.991. The maximum Gasteiger partial charge on any atom is 0.228 e. The van der Waals surface area contributed by atoms with Crippen LogP contribution in [0.4, 0.5) is 0 Å². The van der Waals surface area contributed by atoms with Crippen LogP contribution in [-0.2, 0) is 11.2 Å². The number of aromatic nitrogens is 2. The maximum atomic E-state index is 12.4. The third kappa shape index (κ3) is 3.53. The molecule has 0 saturated carbocycles. The van der Waals surface area contributed by atoms with Gasteiger partial charge in [-0.05, 0) is 31.3 Å². The van der Waals surface area contributed by atoms with Crippen molar-refractivity contribution in [3.05, 3.63) is 39.1 Å². The minimum absolute atomic E-state index is 0.0404. The number of hydrogen-bond donors (Lipinski definition) is 1. The van der Waals surface area contributed by atoms with E-state index in [2.05, 4.69) is 9.97 Å². The minimum atomic E-state index is 0.0404. The minimum Gasteiger partial charge on any atom is -0.487 e. The molecule has 7 heteroatoms. The Labute approximate surface area is 138 Å². The second-order valence-corrected chi connectivity index (χ2v) is 7.07. The number of H-pyrrole nitrogens is 1. The number of nitrogens with zero attached hydrogens (tertiary/aromatic N) is 2. The van der Waals surface area contributed by atoms with E-state index < -0.39 is 0 Å². The number of aromatic amines is 1. The molecule has 3 heterocycles. The van der Waals surface area contributed by atoms with Gasteiger partial charge in [-0.25, -0.2) is 0 Å². The van der Waals surface area contributed by atoms with Gasteiger partial charge in [-0.3, -0.25) is 9.78 Å². The van der Waals surface area contributed by atoms with E-state index in [1.54, 1.807) is 12.4 Å². The molecule has 116 valence electrons. The second kappa shape index (κ2) is 6.58. The van der Waals surface area contributed by atoms with Crippen molar-refractivity contribution < 1.29 is 9.53 Å². The summed E-state index contributed by atoms with van der Waals surface area (Å²) in [5, 5.41) is 0. The summed E-state index contributed by atoms with van der Waals surface area (Å²) in [6, 6.07) is 3.73. The van der Waals surface area contributed by atoms with Crippen molar-refractivity contribution in [3.8, 4) is 5.75 Å². The fourth-order valence-corrected chi connectivity index (χ4v) is 3.80. The van der Waals surface area contributed by atoms with Crippen molar-refractivity contribution in [3.63, 3.8) is 0 Å². The molecule has 1 saturated heterocycles. The molecule has 0 aromatic carbocycles. The predicted octanol–water partition coefficient (Wildman–Crippen LogP) is 2.73. The van der Waals surface area contributed by atoms with Crippen LogP contribution < -0.4 is 4.74 Å². The number of pyridine rings is 1. The number of aryl methyl sites for hydroxylation is 1. The molecule has 5 nitrogen and oxygen atoms in total. The molecule has 22 heavy (non-hydrogen) atoms. The Morgan fingerprint density at radius 2 is 2.50 bits per heavy atom. The normalized spacial score (nSPS) is 17.7. The Hall–Kier alpha value is -1.73. The molecule has 1 amide bonds. The molecule has 1 unspecified atom stereocenters. The zero-order valence-electron chi connectivity index (χ0n) is 12.2. The third-order valence-corrected chi connectivity index (χ3v) is 5.01. The van der Waals surface area contributed by atoms with Gasteiger partial charge in [0.2, 0.25) is 5.91 Å². The van der Waals surface area contributed by atoms with Crippen LogP contribution >= 0.6 is 23.6 Å². The summed E-state index contributed by atoms with van der Waals surface area (Å²) >= 11 is 6.59.